The van der Waals surface area contributed by atoms with E-state index in [-0.39, 0.29) is 48.6 Å². The SMILES string of the molecule is CCCNc1c(C2(C(=O)O)CC2)c(C#N)nn1-c1c(Cl)cc(S(F)(F)(F)(F)F)cc1Cl. The fraction of sp³-hybridized carbons (Fsp3) is 0.353. The average Bonchev–Trinajstić information content (AvgIpc) is 3.34. The van der Waals surface area contributed by atoms with E-state index in [1.807, 2.05) is 0 Å². The van der Waals surface area contributed by atoms with Crippen molar-refractivity contribution in [2.24, 2.45) is 0 Å². The number of aliphatic carboxylic acids is 1. The van der Waals surface area contributed by atoms with Crippen molar-refractivity contribution in [2.75, 3.05) is 11.9 Å². The third kappa shape index (κ3) is 4.14. The van der Waals surface area contributed by atoms with E-state index < -0.39 is 42.2 Å². The summed E-state index contributed by atoms with van der Waals surface area (Å²) in [7, 11) is -10.1. The molecule has 1 aliphatic carbocycles. The third-order valence-electron chi connectivity index (χ3n) is 4.82. The van der Waals surface area contributed by atoms with Crippen LogP contribution in [0.25, 0.3) is 5.69 Å². The van der Waals surface area contributed by atoms with Crippen molar-refractivity contribution in [3.8, 4) is 11.8 Å². The molecule has 0 radical (unpaired) electrons. The summed E-state index contributed by atoms with van der Waals surface area (Å²) in [6.07, 6.45) is 0.999. The van der Waals surface area contributed by atoms with Gasteiger partial charge >= 0.3 is 16.2 Å². The summed E-state index contributed by atoms with van der Waals surface area (Å²) in [6.45, 7) is 2.09. The van der Waals surface area contributed by atoms with Crippen LogP contribution in [0.15, 0.2) is 17.0 Å². The maximum atomic E-state index is 13.2. The molecule has 2 N–H and O–H groups in total. The number of aromatic nitrogens is 2. The Labute approximate surface area is 183 Å². The summed E-state index contributed by atoms with van der Waals surface area (Å²) < 4.78 is 66.9. The average molecular weight is 505 g/mol. The third-order valence-corrected chi connectivity index (χ3v) is 6.52. The summed E-state index contributed by atoms with van der Waals surface area (Å²) in [4.78, 5) is 9.57. The first-order chi connectivity index (χ1) is 14.1. The zero-order chi connectivity index (χ0) is 23.5. The minimum atomic E-state index is -10.1. The molecule has 14 heteroatoms. The van der Waals surface area contributed by atoms with Crippen LogP contribution in [0, 0.1) is 11.3 Å². The molecule has 0 aliphatic heterocycles. The molecule has 31 heavy (non-hydrogen) atoms. The van der Waals surface area contributed by atoms with Crippen molar-refractivity contribution >= 4 is 45.2 Å². The van der Waals surface area contributed by atoms with Crippen LogP contribution in [0.3, 0.4) is 0 Å². The molecule has 1 heterocycles. The van der Waals surface area contributed by atoms with Gasteiger partial charge in [0.2, 0.25) is 0 Å². The van der Waals surface area contributed by atoms with Crippen molar-refractivity contribution in [1.29, 1.82) is 5.26 Å². The maximum Gasteiger partial charge on any atom is 0.314 e. The summed E-state index contributed by atoms with van der Waals surface area (Å²) in [5.41, 5.74) is -2.04. The predicted octanol–water partition coefficient (Wildman–Crippen LogP) is 6.65. The van der Waals surface area contributed by atoms with Gasteiger partial charge in [0, 0.05) is 6.54 Å². The van der Waals surface area contributed by atoms with Gasteiger partial charge in [0.25, 0.3) is 0 Å². The topological polar surface area (TPSA) is 90.9 Å². The fourth-order valence-corrected chi connectivity index (χ4v) is 4.64. The summed E-state index contributed by atoms with van der Waals surface area (Å²) in [6, 6.07) is 1.84. The highest BCUT2D eigenvalue weighted by Gasteiger charge is 2.65. The molecule has 0 bridgehead atoms. The van der Waals surface area contributed by atoms with Crippen molar-refractivity contribution in [1.82, 2.24) is 9.78 Å². The lowest BCUT2D eigenvalue weighted by Crippen LogP contribution is -2.22. The molecular weight excluding hydrogens is 490 g/mol. The normalized spacial score (nSPS) is 17.4. The van der Waals surface area contributed by atoms with Crippen LogP contribution in [-0.2, 0) is 10.2 Å². The molecule has 3 rings (SSSR count). The van der Waals surface area contributed by atoms with Gasteiger partial charge in [0.05, 0.1) is 21.0 Å². The van der Waals surface area contributed by atoms with Gasteiger partial charge in [0.15, 0.2) is 5.69 Å². The van der Waals surface area contributed by atoms with Crippen molar-refractivity contribution in [2.45, 2.75) is 36.5 Å². The standard InChI is InChI=1S/C17H15Cl2F5N4O2S/c1-2-5-26-15-13(17(3-4-17)16(29)30)12(8-25)27-28(15)14-10(18)6-9(7-11(14)19)31(20,21,22,23)24/h6-7,26H,2-5H2,1H3,(H,29,30). The molecule has 0 unspecified atom stereocenters. The predicted molar refractivity (Wildman–Crippen MR) is 107 cm³/mol. The van der Waals surface area contributed by atoms with Gasteiger partial charge in [-0.3, -0.25) is 4.79 Å². The minimum absolute atomic E-state index is 0.00203. The number of carboxylic acids is 1. The lowest BCUT2D eigenvalue weighted by Gasteiger charge is -2.40. The molecule has 0 saturated heterocycles. The molecule has 170 valence electrons. The highest BCUT2D eigenvalue weighted by atomic mass is 35.5. The fourth-order valence-electron chi connectivity index (χ4n) is 3.18. The molecule has 1 aliphatic rings. The Morgan fingerprint density at radius 1 is 1.29 bits per heavy atom. The minimum Gasteiger partial charge on any atom is -0.481 e. The van der Waals surface area contributed by atoms with Crippen LogP contribution in [0.5, 0.6) is 0 Å². The van der Waals surface area contributed by atoms with Crippen LogP contribution >= 0.6 is 33.4 Å². The van der Waals surface area contributed by atoms with E-state index in [1.165, 1.54) is 0 Å². The van der Waals surface area contributed by atoms with E-state index >= 15 is 0 Å². The monoisotopic (exact) mass is 504 g/mol. The molecule has 0 amide bonds. The summed E-state index contributed by atoms with van der Waals surface area (Å²) >= 11 is 11.8. The Bertz CT molecular complexity index is 1120. The zero-order valence-electron chi connectivity index (χ0n) is 15.7. The number of anilines is 1. The lowest BCUT2D eigenvalue weighted by molar-refractivity contribution is -0.140. The molecule has 1 aromatic heterocycles. The molecule has 6 nitrogen and oxygen atoms in total. The smallest absolute Gasteiger partial charge is 0.314 e. The second-order valence-electron chi connectivity index (χ2n) is 7.11. The molecule has 1 aromatic carbocycles. The van der Waals surface area contributed by atoms with Crippen molar-refractivity contribution < 1.29 is 29.3 Å². The highest BCUT2D eigenvalue weighted by Crippen LogP contribution is 3.02. The number of hydrogen-bond acceptors (Lipinski definition) is 4. The number of carbonyl (C=O) groups is 1. The number of hydrogen-bond donors (Lipinski definition) is 2. The van der Waals surface area contributed by atoms with E-state index in [4.69, 9.17) is 23.2 Å². The second kappa shape index (κ2) is 6.63. The number of rotatable bonds is 7. The maximum absolute atomic E-state index is 13.2. The quantitative estimate of drug-likeness (QED) is 0.412. The van der Waals surface area contributed by atoms with Crippen LogP contribution in [0.2, 0.25) is 10.0 Å². The van der Waals surface area contributed by atoms with Gasteiger partial charge < -0.3 is 10.4 Å². The Morgan fingerprint density at radius 3 is 2.23 bits per heavy atom. The van der Waals surface area contributed by atoms with Crippen LogP contribution in [0.1, 0.15) is 37.4 Å². The lowest BCUT2D eigenvalue weighted by atomic mass is 9.95. The Balaban J connectivity index is 2.31. The summed E-state index contributed by atoms with van der Waals surface area (Å²) in [5.74, 6) is -1.20. The molecule has 1 fully saturated rings. The van der Waals surface area contributed by atoms with Crippen molar-refractivity contribution in [3.63, 3.8) is 0 Å². The first-order valence-corrected chi connectivity index (χ1v) is 11.5. The van der Waals surface area contributed by atoms with Crippen LogP contribution in [0.4, 0.5) is 25.2 Å². The Kier molecular flexibility index (Phi) is 5.01. The van der Waals surface area contributed by atoms with Gasteiger partial charge in [-0.15, -0.1) is 0 Å². The molecule has 2 aromatic rings. The summed E-state index contributed by atoms with van der Waals surface area (Å²) in [5, 5.41) is 24.5. The van der Waals surface area contributed by atoms with E-state index in [1.54, 1.807) is 13.0 Å². The van der Waals surface area contributed by atoms with Gasteiger partial charge in [-0.1, -0.05) is 49.6 Å². The van der Waals surface area contributed by atoms with Crippen LogP contribution < -0.4 is 5.32 Å². The van der Waals surface area contributed by atoms with Gasteiger partial charge in [-0.2, -0.15) is 10.4 Å². The number of halogens is 7. The van der Waals surface area contributed by atoms with Gasteiger partial charge in [-0.25, -0.2) is 4.68 Å². The highest BCUT2D eigenvalue weighted by molar-refractivity contribution is 8.45. The van der Waals surface area contributed by atoms with E-state index in [0.717, 1.165) is 4.68 Å². The van der Waals surface area contributed by atoms with E-state index in [2.05, 4.69) is 10.4 Å². The van der Waals surface area contributed by atoms with E-state index in [9.17, 15) is 34.6 Å². The van der Waals surface area contributed by atoms with Crippen molar-refractivity contribution in [3.05, 3.63) is 33.4 Å². The van der Waals surface area contributed by atoms with Crippen LogP contribution in [-0.4, -0.2) is 27.4 Å². The number of nitrogens with zero attached hydrogens (tertiary/aromatic N) is 3. The molecule has 1 saturated carbocycles. The zero-order valence-corrected chi connectivity index (χ0v) is 18.1. The van der Waals surface area contributed by atoms with Gasteiger partial charge in [-0.05, 0) is 31.4 Å². The van der Waals surface area contributed by atoms with Gasteiger partial charge in [0.1, 0.15) is 22.5 Å². The Morgan fingerprint density at radius 2 is 1.84 bits per heavy atom. The first kappa shape index (κ1) is 23.4. The largest absolute Gasteiger partial charge is 0.481 e. The number of nitrogens with one attached hydrogen (secondary N) is 1. The molecule has 0 atom stereocenters. The number of benzene rings is 1. The first-order valence-electron chi connectivity index (χ1n) is 8.80. The number of carboxylic acid groups (broad SMARTS) is 1. The van der Waals surface area contributed by atoms with E-state index in [0.29, 0.717) is 6.42 Å². The molecule has 0 spiro atoms. The second-order valence-corrected chi connectivity index (χ2v) is 10.3. The molecular formula is C17H15Cl2F5N4O2S. The number of nitriles is 1. The Hall–Kier alpha value is -2.23.